The van der Waals surface area contributed by atoms with Gasteiger partial charge < -0.3 is 14.7 Å². The SMILES string of the molecule is O=C(c1ccccc1-n1nccn1)N1CCCC(Oc2nccn3c(C(O)C(F)F)cnc23)C1. The number of benzene rings is 1. The summed E-state index contributed by atoms with van der Waals surface area (Å²) in [6.45, 7) is 0.876. The molecule has 34 heavy (non-hydrogen) atoms. The molecule has 2 atom stereocenters. The van der Waals surface area contributed by atoms with Gasteiger partial charge in [-0.2, -0.15) is 15.0 Å². The second kappa shape index (κ2) is 9.14. The van der Waals surface area contributed by atoms with Crippen LogP contribution in [0, 0.1) is 0 Å². The second-order valence-corrected chi connectivity index (χ2v) is 7.86. The lowest BCUT2D eigenvalue weighted by molar-refractivity contribution is -0.00869. The van der Waals surface area contributed by atoms with E-state index >= 15 is 0 Å². The van der Waals surface area contributed by atoms with E-state index in [0.717, 1.165) is 0 Å². The van der Waals surface area contributed by atoms with E-state index in [-0.39, 0.29) is 29.2 Å². The van der Waals surface area contributed by atoms with Crippen molar-refractivity contribution in [1.82, 2.24) is 34.3 Å². The van der Waals surface area contributed by atoms with Crippen LogP contribution >= 0.6 is 0 Å². The molecule has 5 rings (SSSR count). The maximum Gasteiger partial charge on any atom is 0.269 e. The molecule has 2 unspecified atom stereocenters. The highest BCUT2D eigenvalue weighted by Crippen LogP contribution is 2.26. The largest absolute Gasteiger partial charge is 0.470 e. The first-order valence-electron chi connectivity index (χ1n) is 10.7. The third-order valence-corrected chi connectivity index (χ3v) is 5.68. The van der Waals surface area contributed by atoms with Gasteiger partial charge in [0.15, 0.2) is 6.10 Å². The molecular formula is C22H21F2N7O3. The Morgan fingerprint density at radius 2 is 1.94 bits per heavy atom. The molecule has 10 nitrogen and oxygen atoms in total. The standard InChI is InChI=1S/C22H21F2N7O3/c23-19(24)18(32)17-12-26-20-21(25-9-11-30(17)20)34-14-4-3-10-29(13-14)22(33)15-5-1-2-6-16(15)31-27-7-8-28-31/h1-2,5-9,11-12,14,18-19,32H,3-4,10,13H2. The number of ether oxygens (including phenoxy) is 1. The molecule has 176 valence electrons. The summed E-state index contributed by atoms with van der Waals surface area (Å²) in [6.07, 6.45) is 3.20. The number of likely N-dealkylation sites (tertiary alicyclic amines) is 1. The molecule has 4 heterocycles. The number of fused-ring (bicyclic) bond motifs is 1. The maximum absolute atomic E-state index is 13.3. The smallest absolute Gasteiger partial charge is 0.269 e. The third-order valence-electron chi connectivity index (χ3n) is 5.68. The van der Waals surface area contributed by atoms with Gasteiger partial charge in [0, 0.05) is 18.9 Å². The Kier molecular flexibility index (Phi) is 5.88. The second-order valence-electron chi connectivity index (χ2n) is 7.86. The van der Waals surface area contributed by atoms with E-state index in [1.165, 1.54) is 27.8 Å². The van der Waals surface area contributed by atoms with Crippen molar-refractivity contribution in [3.05, 3.63) is 66.5 Å². The molecule has 1 aromatic carbocycles. The van der Waals surface area contributed by atoms with Crippen LogP contribution in [0.2, 0.25) is 0 Å². The van der Waals surface area contributed by atoms with Gasteiger partial charge >= 0.3 is 0 Å². The van der Waals surface area contributed by atoms with Crippen LogP contribution in [0.15, 0.2) is 55.2 Å². The van der Waals surface area contributed by atoms with E-state index in [4.69, 9.17) is 4.74 Å². The number of para-hydroxylation sites is 1. The van der Waals surface area contributed by atoms with Gasteiger partial charge in [0.1, 0.15) is 6.10 Å². The van der Waals surface area contributed by atoms with E-state index < -0.39 is 12.5 Å². The van der Waals surface area contributed by atoms with E-state index in [1.807, 2.05) is 6.07 Å². The van der Waals surface area contributed by atoms with Gasteiger partial charge in [-0.15, -0.1) is 0 Å². The monoisotopic (exact) mass is 469 g/mol. The summed E-state index contributed by atoms with van der Waals surface area (Å²) in [7, 11) is 0. The van der Waals surface area contributed by atoms with Gasteiger partial charge in [0.25, 0.3) is 18.2 Å². The Morgan fingerprint density at radius 3 is 2.74 bits per heavy atom. The number of imidazole rings is 1. The first kappa shape index (κ1) is 21.9. The van der Waals surface area contributed by atoms with Gasteiger partial charge in [-0.1, -0.05) is 12.1 Å². The minimum Gasteiger partial charge on any atom is -0.470 e. The van der Waals surface area contributed by atoms with Crippen LogP contribution in [-0.4, -0.2) is 70.9 Å². The van der Waals surface area contributed by atoms with Crippen molar-refractivity contribution >= 4 is 11.6 Å². The third kappa shape index (κ3) is 4.07. The number of aliphatic hydroxyl groups is 1. The van der Waals surface area contributed by atoms with Crippen molar-refractivity contribution in [2.24, 2.45) is 0 Å². The molecule has 1 saturated heterocycles. The van der Waals surface area contributed by atoms with Crippen LogP contribution < -0.4 is 4.74 Å². The molecule has 1 N–H and O–H groups in total. The zero-order valence-corrected chi connectivity index (χ0v) is 17.9. The number of piperidine rings is 1. The summed E-state index contributed by atoms with van der Waals surface area (Å²) < 4.78 is 33.4. The number of alkyl halides is 2. The van der Waals surface area contributed by atoms with Crippen LogP contribution in [0.25, 0.3) is 11.3 Å². The van der Waals surface area contributed by atoms with Crippen LogP contribution in [0.1, 0.15) is 35.0 Å². The van der Waals surface area contributed by atoms with Crippen molar-refractivity contribution in [2.45, 2.75) is 31.5 Å². The van der Waals surface area contributed by atoms with Crippen molar-refractivity contribution in [3.63, 3.8) is 0 Å². The molecule has 0 aliphatic carbocycles. The molecule has 1 aliphatic heterocycles. The molecule has 4 aromatic rings. The van der Waals surface area contributed by atoms with E-state index in [9.17, 15) is 18.7 Å². The summed E-state index contributed by atoms with van der Waals surface area (Å²) in [4.78, 5) is 24.8. The maximum atomic E-state index is 13.3. The number of aliphatic hydroxyl groups excluding tert-OH is 1. The Morgan fingerprint density at radius 1 is 1.15 bits per heavy atom. The quantitative estimate of drug-likeness (QED) is 0.461. The normalized spacial score (nSPS) is 17.3. The number of hydrogen-bond donors (Lipinski definition) is 1. The first-order chi connectivity index (χ1) is 16.5. The van der Waals surface area contributed by atoms with E-state index in [1.54, 1.807) is 35.5 Å². The highest BCUT2D eigenvalue weighted by molar-refractivity contribution is 5.97. The zero-order valence-electron chi connectivity index (χ0n) is 17.9. The lowest BCUT2D eigenvalue weighted by atomic mass is 10.1. The van der Waals surface area contributed by atoms with Crippen LogP contribution in [-0.2, 0) is 0 Å². The number of aromatic nitrogens is 6. The van der Waals surface area contributed by atoms with Gasteiger partial charge in [-0.25, -0.2) is 18.7 Å². The lowest BCUT2D eigenvalue weighted by Crippen LogP contribution is -2.44. The molecule has 0 spiro atoms. The number of nitrogens with zero attached hydrogens (tertiary/aromatic N) is 7. The summed E-state index contributed by atoms with van der Waals surface area (Å²) in [6, 6.07) is 7.10. The molecule has 0 radical (unpaired) electrons. The van der Waals surface area contributed by atoms with Crippen molar-refractivity contribution in [1.29, 1.82) is 0 Å². The minimum atomic E-state index is -2.95. The minimum absolute atomic E-state index is 0.0541. The number of carbonyl (C=O) groups excluding carboxylic acids is 1. The van der Waals surface area contributed by atoms with E-state index in [0.29, 0.717) is 37.2 Å². The predicted octanol–water partition coefficient (Wildman–Crippen LogP) is 2.29. The van der Waals surface area contributed by atoms with Crippen LogP contribution in [0.5, 0.6) is 5.88 Å². The van der Waals surface area contributed by atoms with Gasteiger partial charge in [-0.3, -0.25) is 9.20 Å². The van der Waals surface area contributed by atoms with Gasteiger partial charge in [0.2, 0.25) is 5.65 Å². The Bertz CT molecular complexity index is 1290. The number of rotatable bonds is 6. The lowest BCUT2D eigenvalue weighted by Gasteiger charge is -2.33. The summed E-state index contributed by atoms with van der Waals surface area (Å²) in [5.41, 5.74) is 1.21. The molecule has 3 aromatic heterocycles. The summed E-state index contributed by atoms with van der Waals surface area (Å²) >= 11 is 0. The molecule has 12 heteroatoms. The van der Waals surface area contributed by atoms with Gasteiger partial charge in [-0.05, 0) is 25.0 Å². The predicted molar refractivity (Wildman–Crippen MR) is 115 cm³/mol. The van der Waals surface area contributed by atoms with Crippen molar-refractivity contribution < 1.29 is 23.4 Å². The Balaban J connectivity index is 1.35. The number of amides is 1. The topological polar surface area (TPSA) is 111 Å². The number of carbonyl (C=O) groups is 1. The highest BCUT2D eigenvalue weighted by Gasteiger charge is 2.29. The molecule has 1 fully saturated rings. The Hall–Kier alpha value is -3.93. The molecule has 1 amide bonds. The number of hydrogen-bond acceptors (Lipinski definition) is 7. The van der Waals surface area contributed by atoms with Crippen LogP contribution in [0.4, 0.5) is 8.78 Å². The van der Waals surface area contributed by atoms with Crippen LogP contribution in [0.3, 0.4) is 0 Å². The molecular weight excluding hydrogens is 448 g/mol. The van der Waals surface area contributed by atoms with Crippen molar-refractivity contribution in [3.8, 4) is 11.6 Å². The average Bonchev–Trinajstić information content (AvgIpc) is 3.54. The fraction of sp³-hybridized carbons (Fsp3) is 0.318. The van der Waals surface area contributed by atoms with E-state index in [2.05, 4.69) is 20.2 Å². The average molecular weight is 469 g/mol. The van der Waals surface area contributed by atoms with Crippen molar-refractivity contribution in [2.75, 3.05) is 13.1 Å². The highest BCUT2D eigenvalue weighted by atomic mass is 19.3. The first-order valence-corrected chi connectivity index (χ1v) is 10.7. The molecule has 0 bridgehead atoms. The summed E-state index contributed by atoms with van der Waals surface area (Å²) in [5.74, 6) is -0.0221. The number of halogens is 2. The fourth-order valence-electron chi connectivity index (χ4n) is 4.06. The fourth-order valence-corrected chi connectivity index (χ4v) is 4.06. The summed E-state index contributed by atoms with van der Waals surface area (Å²) in [5, 5.41) is 18.0. The molecule has 0 saturated carbocycles. The molecule has 1 aliphatic rings. The van der Waals surface area contributed by atoms with Gasteiger partial charge in [0.05, 0.1) is 42.1 Å². The Labute approximate surface area is 192 Å². The zero-order chi connectivity index (χ0) is 23.7.